The summed E-state index contributed by atoms with van der Waals surface area (Å²) in [5.74, 6) is 0. The van der Waals surface area contributed by atoms with Crippen LogP contribution in [-0.4, -0.2) is 36.1 Å². The first-order valence-electron chi connectivity index (χ1n) is 6.15. The van der Waals surface area contributed by atoms with Gasteiger partial charge in [-0.15, -0.1) is 0 Å². The van der Waals surface area contributed by atoms with E-state index in [4.69, 9.17) is 4.74 Å². The molecular formula is C13H19BrN2O. The van der Waals surface area contributed by atoms with Crippen molar-refractivity contribution < 1.29 is 4.74 Å². The Balaban J connectivity index is 1.86. The van der Waals surface area contributed by atoms with E-state index in [9.17, 15) is 0 Å². The molecule has 4 heteroatoms. The Bertz CT molecular complexity index is 351. The minimum absolute atomic E-state index is 0.437. The van der Waals surface area contributed by atoms with Crippen LogP contribution in [0.5, 0.6) is 0 Å². The van der Waals surface area contributed by atoms with E-state index >= 15 is 0 Å². The number of hydrogen-bond acceptors (Lipinski definition) is 3. The third-order valence-corrected chi connectivity index (χ3v) is 3.44. The molecule has 3 nitrogen and oxygen atoms in total. The summed E-state index contributed by atoms with van der Waals surface area (Å²) in [6.45, 7) is 5.02. The lowest BCUT2D eigenvalue weighted by Crippen LogP contribution is -2.37. The van der Waals surface area contributed by atoms with E-state index in [1.165, 1.54) is 5.69 Å². The van der Waals surface area contributed by atoms with Gasteiger partial charge >= 0.3 is 0 Å². The molecule has 1 saturated heterocycles. The Hall–Kier alpha value is -0.610. The summed E-state index contributed by atoms with van der Waals surface area (Å²) < 4.78 is 5.75. The highest BCUT2D eigenvalue weighted by Crippen LogP contribution is 2.21. The van der Waals surface area contributed by atoms with Gasteiger partial charge < -0.3 is 9.64 Å². The number of anilines is 1. The minimum Gasteiger partial charge on any atom is -0.377 e. The molecule has 1 aromatic rings. The molecule has 2 heterocycles. The molecule has 1 aliphatic heterocycles. The van der Waals surface area contributed by atoms with E-state index in [-0.39, 0.29) is 0 Å². The van der Waals surface area contributed by atoms with Gasteiger partial charge in [0, 0.05) is 36.0 Å². The van der Waals surface area contributed by atoms with Crippen LogP contribution in [0.3, 0.4) is 0 Å². The van der Waals surface area contributed by atoms with E-state index in [0.29, 0.717) is 6.10 Å². The van der Waals surface area contributed by atoms with Crippen LogP contribution in [0.25, 0.3) is 0 Å². The molecule has 1 aromatic heterocycles. The Morgan fingerprint density at radius 2 is 2.24 bits per heavy atom. The third kappa shape index (κ3) is 3.68. The number of alkyl halides is 1. The molecule has 0 unspecified atom stereocenters. The molecule has 0 aromatic carbocycles. The number of nitrogens with zero attached hydrogens (tertiary/aromatic N) is 2. The van der Waals surface area contributed by atoms with Crippen LogP contribution >= 0.6 is 15.9 Å². The van der Waals surface area contributed by atoms with Crippen LogP contribution in [0.15, 0.2) is 18.3 Å². The molecule has 94 valence electrons. The van der Waals surface area contributed by atoms with Gasteiger partial charge in [-0.05, 0) is 31.9 Å². The number of hydrogen-bond donors (Lipinski definition) is 0. The van der Waals surface area contributed by atoms with Gasteiger partial charge in [-0.3, -0.25) is 4.98 Å². The largest absolute Gasteiger partial charge is 0.377 e. The third-order valence-electron chi connectivity index (χ3n) is 3.12. The molecule has 0 aliphatic carbocycles. The number of halogens is 1. The summed E-state index contributed by atoms with van der Waals surface area (Å²) in [5.41, 5.74) is 2.37. The first-order chi connectivity index (χ1) is 8.29. The van der Waals surface area contributed by atoms with Crippen molar-refractivity contribution in [1.29, 1.82) is 0 Å². The van der Waals surface area contributed by atoms with E-state index in [1.54, 1.807) is 0 Å². The van der Waals surface area contributed by atoms with Crippen LogP contribution < -0.4 is 4.90 Å². The maximum absolute atomic E-state index is 5.75. The van der Waals surface area contributed by atoms with Gasteiger partial charge in [0.2, 0.25) is 0 Å². The highest BCUT2D eigenvalue weighted by Gasteiger charge is 2.19. The molecule has 0 saturated carbocycles. The van der Waals surface area contributed by atoms with E-state index < -0.39 is 0 Å². The van der Waals surface area contributed by atoms with E-state index in [1.807, 2.05) is 13.1 Å². The summed E-state index contributed by atoms with van der Waals surface area (Å²) in [6.07, 6.45) is 4.56. The molecule has 17 heavy (non-hydrogen) atoms. The van der Waals surface area contributed by atoms with Gasteiger partial charge in [-0.2, -0.15) is 0 Å². The van der Waals surface area contributed by atoms with Crippen molar-refractivity contribution >= 4 is 21.6 Å². The quantitative estimate of drug-likeness (QED) is 0.799. The van der Waals surface area contributed by atoms with Gasteiger partial charge in [0.1, 0.15) is 0 Å². The van der Waals surface area contributed by atoms with Crippen LogP contribution in [0.2, 0.25) is 0 Å². The second kappa shape index (κ2) is 6.36. The van der Waals surface area contributed by atoms with Gasteiger partial charge in [-0.25, -0.2) is 0 Å². The van der Waals surface area contributed by atoms with Crippen molar-refractivity contribution in [2.75, 3.05) is 29.9 Å². The van der Waals surface area contributed by atoms with Gasteiger partial charge in [0.05, 0.1) is 12.7 Å². The molecule has 1 fully saturated rings. The maximum atomic E-state index is 5.75. The minimum atomic E-state index is 0.437. The topological polar surface area (TPSA) is 25.4 Å². The zero-order valence-electron chi connectivity index (χ0n) is 10.2. The van der Waals surface area contributed by atoms with Crippen LogP contribution in [0, 0.1) is 6.92 Å². The predicted molar refractivity (Wildman–Crippen MR) is 74.0 cm³/mol. The van der Waals surface area contributed by atoms with E-state index in [2.05, 4.69) is 37.9 Å². The lowest BCUT2D eigenvalue weighted by atomic mass is 10.1. The summed E-state index contributed by atoms with van der Waals surface area (Å²) in [7, 11) is 0. The number of ether oxygens (including phenoxy) is 1. The number of aromatic nitrogens is 1. The molecule has 0 amide bonds. The number of piperidine rings is 1. The SMILES string of the molecule is Cc1cc(N2CCC(OCCBr)CC2)ccn1. The molecule has 0 radical (unpaired) electrons. The highest BCUT2D eigenvalue weighted by molar-refractivity contribution is 9.09. The molecule has 0 bridgehead atoms. The molecule has 2 rings (SSSR count). The smallest absolute Gasteiger partial charge is 0.0609 e. The number of aryl methyl sites for hydroxylation is 1. The van der Waals surface area contributed by atoms with Crippen molar-refractivity contribution in [3.05, 3.63) is 24.0 Å². The summed E-state index contributed by atoms with van der Waals surface area (Å²) in [6, 6.07) is 4.24. The first-order valence-corrected chi connectivity index (χ1v) is 7.27. The average Bonchev–Trinajstić information content (AvgIpc) is 2.37. The van der Waals surface area contributed by atoms with Gasteiger partial charge in [0.25, 0.3) is 0 Å². The Morgan fingerprint density at radius 3 is 2.88 bits per heavy atom. The van der Waals surface area contributed by atoms with Crippen molar-refractivity contribution in [2.45, 2.75) is 25.9 Å². The molecular weight excluding hydrogens is 280 g/mol. The number of rotatable bonds is 4. The Labute approximate surface area is 111 Å². The van der Waals surface area contributed by atoms with Crippen molar-refractivity contribution in [3.8, 4) is 0 Å². The van der Waals surface area contributed by atoms with Crippen LogP contribution in [-0.2, 0) is 4.74 Å². The van der Waals surface area contributed by atoms with Gasteiger partial charge in [0.15, 0.2) is 0 Å². The van der Waals surface area contributed by atoms with Crippen LogP contribution in [0.1, 0.15) is 18.5 Å². The second-order valence-corrected chi connectivity index (χ2v) is 5.19. The second-order valence-electron chi connectivity index (χ2n) is 4.40. The highest BCUT2D eigenvalue weighted by atomic mass is 79.9. The van der Waals surface area contributed by atoms with E-state index in [0.717, 1.165) is 43.6 Å². The summed E-state index contributed by atoms with van der Waals surface area (Å²) in [4.78, 5) is 6.65. The first kappa shape index (κ1) is 12.8. The Kier molecular flexibility index (Phi) is 4.80. The molecule has 0 spiro atoms. The van der Waals surface area contributed by atoms with Crippen molar-refractivity contribution in [2.24, 2.45) is 0 Å². The maximum Gasteiger partial charge on any atom is 0.0609 e. The lowest BCUT2D eigenvalue weighted by Gasteiger charge is -2.33. The zero-order chi connectivity index (χ0) is 12.1. The fourth-order valence-electron chi connectivity index (χ4n) is 2.22. The predicted octanol–water partition coefficient (Wildman–Crippen LogP) is 2.77. The molecule has 1 aliphatic rings. The molecule has 0 atom stereocenters. The standard InChI is InChI=1S/C13H19BrN2O/c1-11-10-12(2-6-15-11)16-7-3-13(4-8-16)17-9-5-14/h2,6,10,13H,3-5,7-9H2,1H3. The van der Waals surface area contributed by atoms with Crippen molar-refractivity contribution in [1.82, 2.24) is 4.98 Å². The Morgan fingerprint density at radius 1 is 1.47 bits per heavy atom. The fraction of sp³-hybridized carbons (Fsp3) is 0.615. The van der Waals surface area contributed by atoms with Crippen molar-refractivity contribution in [3.63, 3.8) is 0 Å². The van der Waals surface area contributed by atoms with Gasteiger partial charge in [-0.1, -0.05) is 15.9 Å². The normalized spacial score (nSPS) is 17.4. The summed E-state index contributed by atoms with van der Waals surface area (Å²) in [5, 5.41) is 0.927. The molecule has 0 N–H and O–H groups in total. The van der Waals surface area contributed by atoms with Crippen LogP contribution in [0.4, 0.5) is 5.69 Å². The zero-order valence-corrected chi connectivity index (χ0v) is 11.8. The monoisotopic (exact) mass is 298 g/mol. The fourth-order valence-corrected chi connectivity index (χ4v) is 2.41. The number of pyridine rings is 1. The lowest BCUT2D eigenvalue weighted by molar-refractivity contribution is 0.0481. The average molecular weight is 299 g/mol. The summed E-state index contributed by atoms with van der Waals surface area (Å²) >= 11 is 3.39.